The van der Waals surface area contributed by atoms with Crippen molar-refractivity contribution in [3.63, 3.8) is 0 Å². The molecular formula is C25H50N2O4S2. The molecule has 0 aliphatic carbocycles. The van der Waals surface area contributed by atoms with Crippen molar-refractivity contribution < 1.29 is 19.3 Å². The number of nitrogens with one attached hydrogen (secondary N) is 2. The number of amides is 2. The Hall–Kier alpha value is -0.440. The molecule has 6 nitrogen and oxygen atoms in total. The molecule has 33 heavy (non-hydrogen) atoms. The number of hydrogen-bond acceptors (Lipinski definition) is 6. The summed E-state index contributed by atoms with van der Waals surface area (Å²) < 4.78 is 0. The van der Waals surface area contributed by atoms with E-state index >= 15 is 0 Å². The first kappa shape index (κ1) is 32.6. The molecule has 0 aromatic rings. The number of carbonyl (C=O) groups excluding carboxylic acids is 2. The molecule has 0 aromatic heterocycles. The van der Waals surface area contributed by atoms with Crippen LogP contribution >= 0.6 is 21.6 Å². The van der Waals surface area contributed by atoms with Crippen molar-refractivity contribution in [1.29, 1.82) is 0 Å². The normalized spacial score (nSPS) is 12.3. The van der Waals surface area contributed by atoms with Gasteiger partial charge in [-0.25, -0.2) is 11.0 Å². The topological polar surface area (TPSA) is 76.7 Å². The Balaban J connectivity index is 3.73. The molecule has 0 heterocycles. The van der Waals surface area contributed by atoms with Gasteiger partial charge in [0.15, 0.2) is 0 Å². The van der Waals surface area contributed by atoms with E-state index in [0.717, 1.165) is 56.1 Å². The van der Waals surface area contributed by atoms with Gasteiger partial charge in [-0.05, 0) is 31.1 Å². The fraction of sp³-hybridized carbons (Fsp3) is 0.920. The molecule has 0 rings (SSSR count). The van der Waals surface area contributed by atoms with Crippen molar-refractivity contribution >= 4 is 33.4 Å². The van der Waals surface area contributed by atoms with Crippen LogP contribution in [-0.4, -0.2) is 36.5 Å². The maximum atomic E-state index is 12.4. The van der Waals surface area contributed by atoms with E-state index in [9.17, 15) is 9.59 Å². The van der Waals surface area contributed by atoms with Gasteiger partial charge in [-0.1, -0.05) is 101 Å². The van der Waals surface area contributed by atoms with E-state index in [4.69, 9.17) is 9.68 Å². The Morgan fingerprint density at radius 1 is 0.758 bits per heavy atom. The summed E-state index contributed by atoms with van der Waals surface area (Å²) in [6.45, 7) is 12.2. The molecule has 1 unspecified atom stereocenters. The van der Waals surface area contributed by atoms with Gasteiger partial charge in [0.2, 0.25) is 11.8 Å². The molecule has 2 amide bonds. The van der Waals surface area contributed by atoms with Gasteiger partial charge in [-0.15, -0.1) is 0 Å². The molecule has 0 aliphatic rings. The summed E-state index contributed by atoms with van der Waals surface area (Å²) in [6, 6.07) is 0. The molecule has 0 saturated carbocycles. The van der Waals surface area contributed by atoms with Gasteiger partial charge in [-0.2, -0.15) is 0 Å². The summed E-state index contributed by atoms with van der Waals surface area (Å²) >= 11 is 0. The van der Waals surface area contributed by atoms with Crippen LogP contribution in [0.1, 0.15) is 105 Å². The Kier molecular flexibility index (Phi) is 23.0. The Bertz CT molecular complexity index is 479. The zero-order valence-electron chi connectivity index (χ0n) is 21.8. The summed E-state index contributed by atoms with van der Waals surface area (Å²) in [5.41, 5.74) is 5.16. The number of rotatable bonds is 23. The molecule has 0 aromatic carbocycles. The molecule has 2 N–H and O–H groups in total. The second-order valence-electron chi connectivity index (χ2n) is 9.52. The average molecular weight is 507 g/mol. The minimum Gasteiger partial charge on any atom is -0.274 e. The van der Waals surface area contributed by atoms with Crippen molar-refractivity contribution in [3.8, 4) is 0 Å². The lowest BCUT2D eigenvalue weighted by atomic mass is 10.1. The van der Waals surface area contributed by atoms with Crippen molar-refractivity contribution in [2.75, 3.05) is 24.7 Å². The van der Waals surface area contributed by atoms with Crippen molar-refractivity contribution in [2.24, 2.45) is 17.8 Å². The monoisotopic (exact) mass is 506 g/mol. The quantitative estimate of drug-likeness (QED) is 0.0912. The first-order valence-electron chi connectivity index (χ1n) is 12.9. The van der Waals surface area contributed by atoms with Crippen LogP contribution < -0.4 is 11.0 Å². The van der Waals surface area contributed by atoms with Crippen LogP contribution in [0, 0.1) is 17.8 Å². The first-order valence-corrected chi connectivity index (χ1v) is 15.4. The predicted molar refractivity (Wildman–Crippen MR) is 143 cm³/mol. The molecule has 196 valence electrons. The number of hydroxylamine groups is 2. The van der Waals surface area contributed by atoms with Gasteiger partial charge >= 0.3 is 0 Å². The Morgan fingerprint density at radius 2 is 1.33 bits per heavy atom. The van der Waals surface area contributed by atoms with Crippen LogP contribution in [-0.2, 0) is 19.3 Å². The third-order valence-corrected chi connectivity index (χ3v) is 7.67. The summed E-state index contributed by atoms with van der Waals surface area (Å²) in [5.74, 6) is 2.71. The fourth-order valence-corrected chi connectivity index (χ4v) is 5.51. The van der Waals surface area contributed by atoms with Gasteiger partial charge < -0.3 is 0 Å². The highest BCUT2D eigenvalue weighted by Crippen LogP contribution is 2.26. The van der Waals surface area contributed by atoms with Gasteiger partial charge in [0, 0.05) is 23.8 Å². The lowest BCUT2D eigenvalue weighted by Crippen LogP contribution is -2.32. The Labute approximate surface area is 211 Å². The zero-order valence-corrected chi connectivity index (χ0v) is 23.4. The SMILES string of the molecule is CCCC(CSSCCC(=O)NOCCCCCC(C)C)C(=O)NOCCCCCC(C)C. The van der Waals surface area contributed by atoms with Crippen LogP contribution in [0.4, 0.5) is 0 Å². The maximum absolute atomic E-state index is 12.4. The molecule has 0 fully saturated rings. The maximum Gasteiger partial charge on any atom is 0.247 e. The second-order valence-corrected chi connectivity index (χ2v) is 12.1. The van der Waals surface area contributed by atoms with Crippen LogP contribution in [0.5, 0.6) is 0 Å². The number of unbranched alkanes of at least 4 members (excludes halogenated alkanes) is 4. The van der Waals surface area contributed by atoms with Crippen LogP contribution in [0.3, 0.4) is 0 Å². The minimum absolute atomic E-state index is 0.0355. The smallest absolute Gasteiger partial charge is 0.247 e. The van der Waals surface area contributed by atoms with Crippen molar-refractivity contribution in [3.05, 3.63) is 0 Å². The summed E-state index contributed by atoms with van der Waals surface area (Å²) in [4.78, 5) is 34.9. The molecule has 0 radical (unpaired) electrons. The first-order chi connectivity index (χ1) is 15.9. The van der Waals surface area contributed by atoms with Crippen molar-refractivity contribution in [2.45, 2.75) is 105 Å². The van der Waals surface area contributed by atoms with E-state index in [1.165, 1.54) is 25.7 Å². The highest BCUT2D eigenvalue weighted by Gasteiger charge is 2.18. The van der Waals surface area contributed by atoms with Gasteiger partial charge in [0.05, 0.1) is 13.2 Å². The van der Waals surface area contributed by atoms with E-state index in [2.05, 4.69) is 45.6 Å². The van der Waals surface area contributed by atoms with Gasteiger partial charge in [0.1, 0.15) is 0 Å². The van der Waals surface area contributed by atoms with Gasteiger partial charge in [0.25, 0.3) is 0 Å². The van der Waals surface area contributed by atoms with E-state index in [1.807, 2.05) is 0 Å². The average Bonchev–Trinajstić information content (AvgIpc) is 2.76. The second kappa shape index (κ2) is 23.3. The lowest BCUT2D eigenvalue weighted by molar-refractivity contribution is -0.137. The summed E-state index contributed by atoms with van der Waals surface area (Å²) in [6.07, 6.45) is 11.3. The highest BCUT2D eigenvalue weighted by molar-refractivity contribution is 8.76. The molecule has 0 bridgehead atoms. The zero-order chi connectivity index (χ0) is 24.7. The predicted octanol–water partition coefficient (Wildman–Crippen LogP) is 6.70. The van der Waals surface area contributed by atoms with Crippen LogP contribution in [0.2, 0.25) is 0 Å². The van der Waals surface area contributed by atoms with Crippen LogP contribution in [0.15, 0.2) is 0 Å². The van der Waals surface area contributed by atoms with Crippen molar-refractivity contribution in [1.82, 2.24) is 11.0 Å². The van der Waals surface area contributed by atoms with E-state index in [-0.39, 0.29) is 17.7 Å². The summed E-state index contributed by atoms with van der Waals surface area (Å²) in [7, 11) is 3.27. The molecule has 0 saturated heterocycles. The Morgan fingerprint density at radius 3 is 1.88 bits per heavy atom. The molecule has 0 aliphatic heterocycles. The molecular weight excluding hydrogens is 456 g/mol. The lowest BCUT2D eigenvalue weighted by Gasteiger charge is -2.15. The minimum atomic E-state index is -0.0880. The molecule has 1 atom stereocenters. The third kappa shape index (κ3) is 23.1. The largest absolute Gasteiger partial charge is 0.274 e. The van der Waals surface area contributed by atoms with E-state index < -0.39 is 0 Å². The van der Waals surface area contributed by atoms with E-state index in [0.29, 0.717) is 25.4 Å². The van der Waals surface area contributed by atoms with Crippen LogP contribution in [0.25, 0.3) is 0 Å². The standard InChI is InChI=1S/C25H50N2O4S2/c1-6-13-23(25(29)27-31-18-12-8-10-15-22(4)5)20-33-32-19-16-24(28)26-30-17-11-7-9-14-21(2)3/h21-23H,6-20H2,1-5H3,(H,26,28)(H,27,29). The summed E-state index contributed by atoms with van der Waals surface area (Å²) in [5, 5.41) is 0. The number of hydrogen-bond donors (Lipinski definition) is 2. The number of carbonyl (C=O) groups is 2. The van der Waals surface area contributed by atoms with Gasteiger partial charge in [-0.3, -0.25) is 19.3 Å². The molecule has 8 heteroatoms. The van der Waals surface area contributed by atoms with E-state index in [1.54, 1.807) is 21.6 Å². The fourth-order valence-electron chi connectivity index (χ4n) is 3.16. The molecule has 0 spiro atoms. The highest BCUT2D eigenvalue weighted by atomic mass is 33.1. The third-order valence-electron chi connectivity index (χ3n) is 5.19.